The van der Waals surface area contributed by atoms with Gasteiger partial charge in [-0.05, 0) is 37.0 Å². The Morgan fingerprint density at radius 3 is 2.67 bits per heavy atom. The van der Waals surface area contributed by atoms with Crippen molar-refractivity contribution in [3.63, 3.8) is 0 Å². The standard InChI is InChI=1S/C17H22O4/c1-9-12-8-17(3)10(2)15(20-5)14(19-4)7-11(17)6-13(12)21-16(9)18/h6-7,10,14-15H,8H2,1-5H3/t10-,14-,15+,17+/m0/s1. The maximum Gasteiger partial charge on any atom is 0.339 e. The van der Waals surface area contributed by atoms with E-state index in [4.69, 9.17) is 14.2 Å². The molecule has 2 aliphatic carbocycles. The quantitative estimate of drug-likeness (QED) is 0.734. The Morgan fingerprint density at radius 2 is 2.05 bits per heavy atom. The zero-order valence-electron chi connectivity index (χ0n) is 13.2. The van der Waals surface area contributed by atoms with E-state index in [0.29, 0.717) is 5.76 Å². The molecular weight excluding hydrogens is 268 g/mol. The molecule has 4 atom stereocenters. The summed E-state index contributed by atoms with van der Waals surface area (Å²) in [6.07, 6.45) is 4.85. The third kappa shape index (κ3) is 1.93. The summed E-state index contributed by atoms with van der Waals surface area (Å²) in [5.74, 6) is 0.763. The van der Waals surface area contributed by atoms with E-state index in [0.717, 1.165) is 17.6 Å². The van der Waals surface area contributed by atoms with Crippen LogP contribution in [0.25, 0.3) is 0 Å². The smallest absolute Gasteiger partial charge is 0.339 e. The van der Waals surface area contributed by atoms with Gasteiger partial charge in [0.1, 0.15) is 11.9 Å². The SMILES string of the molecule is CO[C@H]1[C@@H](OC)C=C2C=C3OC(=O)C(C)=C3C[C@]2(C)[C@H]1C. The van der Waals surface area contributed by atoms with Crippen molar-refractivity contribution in [2.45, 2.75) is 39.4 Å². The van der Waals surface area contributed by atoms with E-state index in [2.05, 4.69) is 19.9 Å². The summed E-state index contributed by atoms with van der Waals surface area (Å²) < 4.78 is 16.6. The highest BCUT2D eigenvalue weighted by Crippen LogP contribution is 2.54. The van der Waals surface area contributed by atoms with Gasteiger partial charge < -0.3 is 14.2 Å². The Labute approximate surface area is 125 Å². The number of allylic oxidation sites excluding steroid dienone is 3. The fraction of sp³-hybridized carbons (Fsp3) is 0.588. The molecule has 0 fully saturated rings. The molecule has 0 spiro atoms. The number of fused-ring (bicyclic) bond motifs is 2. The molecule has 3 rings (SSSR count). The summed E-state index contributed by atoms with van der Waals surface area (Å²) in [7, 11) is 3.43. The number of carbonyl (C=O) groups is 1. The van der Waals surface area contributed by atoms with Gasteiger partial charge in [0, 0.05) is 30.8 Å². The van der Waals surface area contributed by atoms with Crippen LogP contribution in [0.15, 0.2) is 34.6 Å². The van der Waals surface area contributed by atoms with Crippen LogP contribution in [0.2, 0.25) is 0 Å². The molecule has 114 valence electrons. The van der Waals surface area contributed by atoms with Crippen LogP contribution in [0.1, 0.15) is 27.2 Å². The van der Waals surface area contributed by atoms with Gasteiger partial charge in [0.05, 0.1) is 6.10 Å². The molecule has 0 N–H and O–H groups in total. The normalized spacial score (nSPS) is 38.5. The number of hydrogen-bond donors (Lipinski definition) is 0. The average molecular weight is 290 g/mol. The first-order valence-corrected chi connectivity index (χ1v) is 7.34. The van der Waals surface area contributed by atoms with Crippen molar-refractivity contribution < 1.29 is 19.0 Å². The van der Waals surface area contributed by atoms with Crippen molar-refractivity contribution in [1.29, 1.82) is 0 Å². The molecule has 0 radical (unpaired) electrons. The third-order valence-corrected chi connectivity index (χ3v) is 5.46. The summed E-state index contributed by atoms with van der Waals surface area (Å²) in [4.78, 5) is 11.8. The number of carbonyl (C=O) groups excluding carboxylic acids is 1. The first-order valence-electron chi connectivity index (χ1n) is 7.34. The molecule has 0 bridgehead atoms. The molecular formula is C17H22O4. The van der Waals surface area contributed by atoms with Crippen molar-refractivity contribution in [3.8, 4) is 0 Å². The molecule has 0 amide bonds. The Hall–Kier alpha value is -1.39. The van der Waals surface area contributed by atoms with E-state index in [1.54, 1.807) is 14.2 Å². The van der Waals surface area contributed by atoms with Crippen molar-refractivity contribution in [1.82, 2.24) is 0 Å². The van der Waals surface area contributed by atoms with E-state index in [1.165, 1.54) is 5.57 Å². The molecule has 0 aromatic carbocycles. The van der Waals surface area contributed by atoms with Crippen LogP contribution in [-0.4, -0.2) is 32.4 Å². The second-order valence-corrected chi connectivity index (χ2v) is 6.41. The molecule has 0 unspecified atom stereocenters. The van der Waals surface area contributed by atoms with Crippen LogP contribution >= 0.6 is 0 Å². The summed E-state index contributed by atoms with van der Waals surface area (Å²) >= 11 is 0. The number of rotatable bonds is 2. The van der Waals surface area contributed by atoms with E-state index in [-0.39, 0.29) is 29.5 Å². The lowest BCUT2D eigenvalue weighted by Gasteiger charge is -2.48. The highest BCUT2D eigenvalue weighted by Gasteiger charge is 2.49. The summed E-state index contributed by atoms with van der Waals surface area (Å²) in [5, 5.41) is 0. The topological polar surface area (TPSA) is 44.8 Å². The maximum atomic E-state index is 11.8. The van der Waals surface area contributed by atoms with Crippen LogP contribution in [0, 0.1) is 11.3 Å². The molecule has 0 saturated heterocycles. The predicted octanol–water partition coefficient (Wildman–Crippen LogP) is 2.76. The van der Waals surface area contributed by atoms with Crippen molar-refractivity contribution in [2.24, 2.45) is 11.3 Å². The van der Waals surface area contributed by atoms with Crippen LogP contribution in [0.4, 0.5) is 0 Å². The minimum Gasteiger partial charge on any atom is -0.423 e. The average Bonchev–Trinajstić information content (AvgIpc) is 2.72. The van der Waals surface area contributed by atoms with E-state index < -0.39 is 0 Å². The van der Waals surface area contributed by atoms with Gasteiger partial charge in [0.15, 0.2) is 0 Å². The zero-order chi connectivity index (χ0) is 15.4. The van der Waals surface area contributed by atoms with Gasteiger partial charge in [-0.15, -0.1) is 0 Å². The number of hydrogen-bond acceptors (Lipinski definition) is 4. The Balaban J connectivity index is 2.12. The summed E-state index contributed by atoms with van der Waals surface area (Å²) in [6.45, 7) is 6.27. The maximum absolute atomic E-state index is 11.8. The Kier molecular flexibility index (Phi) is 3.34. The van der Waals surface area contributed by atoms with E-state index in [9.17, 15) is 4.79 Å². The van der Waals surface area contributed by atoms with Gasteiger partial charge in [-0.2, -0.15) is 0 Å². The van der Waals surface area contributed by atoms with Gasteiger partial charge in [-0.3, -0.25) is 0 Å². The second-order valence-electron chi connectivity index (χ2n) is 6.41. The molecule has 4 heteroatoms. The Bertz CT molecular complexity index is 584. The highest BCUT2D eigenvalue weighted by atomic mass is 16.5. The Morgan fingerprint density at radius 1 is 1.33 bits per heavy atom. The number of methoxy groups -OCH3 is 2. The van der Waals surface area contributed by atoms with Crippen molar-refractivity contribution in [2.75, 3.05) is 14.2 Å². The first kappa shape index (κ1) is 14.5. The van der Waals surface area contributed by atoms with Gasteiger partial charge >= 0.3 is 5.97 Å². The molecule has 0 aromatic rings. The van der Waals surface area contributed by atoms with Crippen molar-refractivity contribution >= 4 is 5.97 Å². The van der Waals surface area contributed by atoms with Gasteiger partial charge in [0.25, 0.3) is 0 Å². The van der Waals surface area contributed by atoms with Crippen LogP contribution in [0.3, 0.4) is 0 Å². The van der Waals surface area contributed by atoms with Gasteiger partial charge in [-0.1, -0.05) is 13.8 Å². The molecule has 4 nitrogen and oxygen atoms in total. The van der Waals surface area contributed by atoms with E-state index >= 15 is 0 Å². The van der Waals surface area contributed by atoms with Crippen LogP contribution < -0.4 is 0 Å². The first-order chi connectivity index (χ1) is 9.92. The van der Waals surface area contributed by atoms with Crippen LogP contribution in [-0.2, 0) is 19.0 Å². The van der Waals surface area contributed by atoms with Gasteiger partial charge in [0.2, 0.25) is 0 Å². The molecule has 3 aliphatic rings. The monoisotopic (exact) mass is 290 g/mol. The highest BCUT2D eigenvalue weighted by molar-refractivity contribution is 5.94. The fourth-order valence-corrected chi connectivity index (χ4v) is 3.78. The third-order valence-electron chi connectivity index (χ3n) is 5.46. The largest absolute Gasteiger partial charge is 0.423 e. The predicted molar refractivity (Wildman–Crippen MR) is 78.4 cm³/mol. The minimum atomic E-state index is -0.224. The summed E-state index contributed by atoms with van der Waals surface area (Å²) in [6, 6.07) is 0. The molecule has 1 aliphatic heterocycles. The minimum absolute atomic E-state index is 0.0117. The van der Waals surface area contributed by atoms with Crippen molar-refractivity contribution in [3.05, 3.63) is 34.6 Å². The zero-order valence-corrected chi connectivity index (χ0v) is 13.2. The fourth-order valence-electron chi connectivity index (χ4n) is 3.78. The lowest BCUT2D eigenvalue weighted by atomic mass is 9.60. The number of esters is 1. The van der Waals surface area contributed by atoms with E-state index in [1.807, 2.05) is 13.0 Å². The summed E-state index contributed by atoms with van der Waals surface area (Å²) in [5.41, 5.74) is 2.88. The lowest BCUT2D eigenvalue weighted by Crippen LogP contribution is -2.48. The molecule has 1 heterocycles. The molecule has 0 aromatic heterocycles. The molecule has 0 saturated carbocycles. The van der Waals surface area contributed by atoms with Crippen LogP contribution in [0.5, 0.6) is 0 Å². The lowest BCUT2D eigenvalue weighted by molar-refractivity contribution is -0.133. The number of ether oxygens (including phenoxy) is 3. The van der Waals surface area contributed by atoms with Gasteiger partial charge in [-0.25, -0.2) is 4.79 Å². The second kappa shape index (κ2) is 4.82. The molecule has 21 heavy (non-hydrogen) atoms.